The van der Waals surface area contributed by atoms with Crippen molar-refractivity contribution in [3.05, 3.63) is 24.3 Å². The quantitative estimate of drug-likeness (QED) is 0.914. The predicted molar refractivity (Wildman–Crippen MR) is 78.5 cm³/mol. The van der Waals surface area contributed by atoms with Crippen LogP contribution >= 0.6 is 0 Å². The third kappa shape index (κ3) is 3.31. The lowest BCUT2D eigenvalue weighted by atomic mass is 10.1. The van der Waals surface area contributed by atoms with Crippen LogP contribution in [-0.2, 0) is 10.0 Å². The molecule has 1 fully saturated rings. The van der Waals surface area contributed by atoms with Gasteiger partial charge in [-0.2, -0.15) is 4.31 Å². The van der Waals surface area contributed by atoms with E-state index in [1.165, 1.54) is 4.31 Å². The van der Waals surface area contributed by atoms with E-state index in [1.807, 2.05) is 0 Å². The van der Waals surface area contributed by atoms with E-state index < -0.39 is 10.0 Å². The summed E-state index contributed by atoms with van der Waals surface area (Å²) in [7, 11) is -0.190. The molecule has 1 unspecified atom stereocenters. The number of nitrogens with zero attached hydrogens (tertiary/aromatic N) is 1. The van der Waals surface area contributed by atoms with Crippen molar-refractivity contribution in [2.75, 3.05) is 27.2 Å². The van der Waals surface area contributed by atoms with Crippen LogP contribution in [0.5, 0.6) is 5.75 Å². The maximum absolute atomic E-state index is 12.6. The van der Waals surface area contributed by atoms with Crippen molar-refractivity contribution >= 4 is 10.0 Å². The van der Waals surface area contributed by atoms with E-state index >= 15 is 0 Å². The van der Waals surface area contributed by atoms with Crippen molar-refractivity contribution in [1.82, 2.24) is 9.62 Å². The van der Waals surface area contributed by atoms with Crippen LogP contribution in [0.15, 0.2) is 29.2 Å². The second kappa shape index (κ2) is 6.56. The molecule has 1 aromatic rings. The summed E-state index contributed by atoms with van der Waals surface area (Å²) in [6, 6.07) is 6.61. The van der Waals surface area contributed by atoms with Gasteiger partial charge in [0.1, 0.15) is 5.75 Å². The molecule has 1 atom stereocenters. The monoisotopic (exact) mass is 298 g/mol. The highest BCUT2D eigenvalue weighted by molar-refractivity contribution is 7.89. The van der Waals surface area contributed by atoms with Crippen molar-refractivity contribution in [3.63, 3.8) is 0 Å². The van der Waals surface area contributed by atoms with Crippen LogP contribution in [0.1, 0.15) is 19.3 Å². The highest BCUT2D eigenvalue weighted by atomic mass is 32.2. The Balaban J connectivity index is 2.18. The molecule has 1 N–H and O–H groups in total. The molecule has 0 aromatic heterocycles. The van der Waals surface area contributed by atoms with Crippen LogP contribution in [0, 0.1) is 0 Å². The lowest BCUT2D eigenvalue weighted by Crippen LogP contribution is -2.37. The van der Waals surface area contributed by atoms with Crippen LogP contribution in [0.25, 0.3) is 0 Å². The number of hydrogen-bond acceptors (Lipinski definition) is 4. The van der Waals surface area contributed by atoms with Gasteiger partial charge in [0.25, 0.3) is 0 Å². The molecule has 0 radical (unpaired) electrons. The maximum atomic E-state index is 12.6. The summed E-state index contributed by atoms with van der Waals surface area (Å²) < 4.78 is 31.8. The second-order valence-electron chi connectivity index (χ2n) is 5.03. The molecule has 1 saturated heterocycles. The average molecular weight is 298 g/mol. The fourth-order valence-corrected chi connectivity index (χ4v) is 3.89. The van der Waals surface area contributed by atoms with E-state index in [1.54, 1.807) is 38.4 Å². The van der Waals surface area contributed by atoms with Crippen molar-refractivity contribution < 1.29 is 13.2 Å². The lowest BCUT2D eigenvalue weighted by molar-refractivity contribution is 0.341. The highest BCUT2D eigenvalue weighted by Gasteiger charge is 2.28. The molecule has 2 rings (SSSR count). The van der Waals surface area contributed by atoms with Gasteiger partial charge in [0.2, 0.25) is 10.0 Å². The summed E-state index contributed by atoms with van der Waals surface area (Å²) >= 11 is 0. The van der Waals surface area contributed by atoms with Crippen molar-refractivity contribution in [2.45, 2.75) is 30.2 Å². The zero-order valence-corrected chi connectivity index (χ0v) is 12.8. The minimum atomic E-state index is -3.43. The summed E-state index contributed by atoms with van der Waals surface area (Å²) in [5.41, 5.74) is 0. The van der Waals surface area contributed by atoms with E-state index in [9.17, 15) is 8.42 Å². The van der Waals surface area contributed by atoms with Crippen molar-refractivity contribution in [1.29, 1.82) is 0 Å². The summed E-state index contributed by atoms with van der Waals surface area (Å²) in [5, 5.41) is 3.30. The molecule has 1 heterocycles. The third-order valence-corrected chi connectivity index (χ3v) is 5.72. The Morgan fingerprint density at radius 1 is 1.20 bits per heavy atom. The van der Waals surface area contributed by atoms with Gasteiger partial charge >= 0.3 is 0 Å². The molecule has 0 bridgehead atoms. The number of ether oxygens (including phenoxy) is 1. The van der Waals surface area contributed by atoms with Gasteiger partial charge in [-0.3, -0.25) is 0 Å². The molecular weight excluding hydrogens is 276 g/mol. The van der Waals surface area contributed by atoms with Gasteiger partial charge < -0.3 is 10.1 Å². The maximum Gasteiger partial charge on any atom is 0.243 e. The zero-order chi connectivity index (χ0) is 14.6. The first-order valence-electron chi connectivity index (χ1n) is 6.88. The topological polar surface area (TPSA) is 58.6 Å². The number of hydrogen-bond donors (Lipinski definition) is 1. The molecule has 1 aromatic carbocycles. The molecular formula is C14H22N2O3S. The van der Waals surface area contributed by atoms with Gasteiger partial charge in [0.05, 0.1) is 12.0 Å². The summed E-state index contributed by atoms with van der Waals surface area (Å²) in [5.74, 6) is 0.658. The van der Waals surface area contributed by atoms with Crippen LogP contribution in [0.4, 0.5) is 0 Å². The largest absolute Gasteiger partial charge is 0.497 e. The SMILES string of the molecule is COc1ccc(S(=O)(=O)N(C)C2CCCNCC2)cc1. The molecule has 0 spiro atoms. The first-order valence-corrected chi connectivity index (χ1v) is 8.32. The van der Waals surface area contributed by atoms with Crippen molar-refractivity contribution in [3.8, 4) is 5.75 Å². The second-order valence-corrected chi connectivity index (χ2v) is 7.03. The smallest absolute Gasteiger partial charge is 0.243 e. The summed E-state index contributed by atoms with van der Waals surface area (Å²) in [6.07, 6.45) is 2.76. The number of rotatable bonds is 4. The number of benzene rings is 1. The summed E-state index contributed by atoms with van der Waals surface area (Å²) in [6.45, 7) is 1.83. The van der Waals surface area contributed by atoms with Gasteiger partial charge in [0, 0.05) is 13.1 Å². The standard InChI is InChI=1S/C14H22N2O3S/c1-16(12-4-3-10-15-11-9-12)20(17,18)14-7-5-13(19-2)6-8-14/h5-8,12,15H,3-4,9-11H2,1-2H3. The van der Waals surface area contributed by atoms with E-state index in [-0.39, 0.29) is 6.04 Å². The van der Waals surface area contributed by atoms with Gasteiger partial charge in [-0.05, 0) is 56.6 Å². The first kappa shape index (κ1) is 15.3. The predicted octanol–water partition coefficient (Wildman–Crippen LogP) is 1.46. The van der Waals surface area contributed by atoms with Crippen LogP contribution in [0.2, 0.25) is 0 Å². The first-order chi connectivity index (χ1) is 9.55. The van der Waals surface area contributed by atoms with Gasteiger partial charge in [0.15, 0.2) is 0 Å². The molecule has 0 amide bonds. The fourth-order valence-electron chi connectivity index (χ4n) is 2.47. The normalized spacial score (nSPS) is 20.6. The molecule has 112 valence electrons. The number of methoxy groups -OCH3 is 1. The summed E-state index contributed by atoms with van der Waals surface area (Å²) in [4.78, 5) is 0.318. The Labute approximate surface area is 121 Å². The Hall–Kier alpha value is -1.11. The molecule has 1 aliphatic rings. The Morgan fingerprint density at radius 2 is 1.90 bits per heavy atom. The molecule has 20 heavy (non-hydrogen) atoms. The average Bonchev–Trinajstić information content (AvgIpc) is 2.75. The Kier molecular flexibility index (Phi) is 5.01. The van der Waals surface area contributed by atoms with Crippen molar-refractivity contribution in [2.24, 2.45) is 0 Å². The van der Waals surface area contributed by atoms with Gasteiger partial charge in [-0.15, -0.1) is 0 Å². The van der Waals surface area contributed by atoms with Crippen LogP contribution < -0.4 is 10.1 Å². The number of sulfonamides is 1. The minimum absolute atomic E-state index is 0.0668. The zero-order valence-electron chi connectivity index (χ0n) is 12.0. The van der Waals surface area contributed by atoms with E-state index in [0.717, 1.165) is 32.4 Å². The minimum Gasteiger partial charge on any atom is -0.497 e. The van der Waals surface area contributed by atoms with E-state index in [4.69, 9.17) is 4.74 Å². The highest BCUT2D eigenvalue weighted by Crippen LogP contribution is 2.23. The molecule has 1 aliphatic heterocycles. The van der Waals surface area contributed by atoms with E-state index in [2.05, 4.69) is 5.32 Å². The molecule has 0 saturated carbocycles. The van der Waals surface area contributed by atoms with Crippen LogP contribution in [0.3, 0.4) is 0 Å². The van der Waals surface area contributed by atoms with Crippen LogP contribution in [-0.4, -0.2) is 46.0 Å². The lowest BCUT2D eigenvalue weighted by Gasteiger charge is -2.26. The molecule has 0 aliphatic carbocycles. The third-order valence-electron chi connectivity index (χ3n) is 3.80. The van der Waals surface area contributed by atoms with Gasteiger partial charge in [-0.1, -0.05) is 0 Å². The van der Waals surface area contributed by atoms with Gasteiger partial charge in [-0.25, -0.2) is 8.42 Å². The molecule has 5 nitrogen and oxygen atoms in total. The fraction of sp³-hybridized carbons (Fsp3) is 0.571. The number of nitrogens with one attached hydrogen (secondary N) is 1. The molecule has 6 heteroatoms. The Bertz CT molecular complexity index is 520. The Morgan fingerprint density at radius 3 is 2.55 bits per heavy atom. The van der Waals surface area contributed by atoms with E-state index in [0.29, 0.717) is 10.6 Å².